The summed E-state index contributed by atoms with van der Waals surface area (Å²) in [4.78, 5) is 14.6. The van der Waals surface area contributed by atoms with E-state index in [1.807, 2.05) is 0 Å². The Balaban J connectivity index is 1.77. The van der Waals surface area contributed by atoms with Crippen LogP contribution >= 0.6 is 34.4 Å². The number of benzene rings is 1. The average Bonchev–Trinajstić information content (AvgIpc) is 3.18. The third-order valence-corrected chi connectivity index (χ3v) is 6.92. The minimum atomic E-state index is 0.450. The molecule has 1 aliphatic rings. The highest BCUT2D eigenvalue weighted by molar-refractivity contribution is 14.1. The van der Waals surface area contributed by atoms with Crippen LogP contribution in [0.5, 0.6) is 0 Å². The van der Waals surface area contributed by atoms with E-state index in [-0.39, 0.29) is 0 Å². The van der Waals surface area contributed by atoms with Crippen molar-refractivity contribution in [2.24, 2.45) is 0 Å². The van der Waals surface area contributed by atoms with E-state index in [9.17, 15) is 0 Å². The number of aromatic nitrogens is 4. The van der Waals surface area contributed by atoms with Crippen LogP contribution in [0.4, 0.5) is 5.82 Å². The summed E-state index contributed by atoms with van der Waals surface area (Å²) >= 11 is 4.15. The lowest BCUT2D eigenvalue weighted by atomic mass is 10.1. The van der Waals surface area contributed by atoms with Gasteiger partial charge in [-0.05, 0) is 71.5 Å². The quantitative estimate of drug-likeness (QED) is 0.564. The molecule has 25 heavy (non-hydrogen) atoms. The number of nitrogens with two attached hydrogens (primary N) is 1. The molecule has 0 unspecified atom stereocenters. The number of aryl methyl sites for hydroxylation is 3. The van der Waals surface area contributed by atoms with Gasteiger partial charge in [0.15, 0.2) is 22.1 Å². The van der Waals surface area contributed by atoms with Crippen molar-refractivity contribution in [3.63, 3.8) is 0 Å². The number of imidazole rings is 1. The van der Waals surface area contributed by atoms with Crippen molar-refractivity contribution in [2.75, 3.05) is 5.73 Å². The molecule has 7 heteroatoms. The number of anilines is 1. The summed E-state index contributed by atoms with van der Waals surface area (Å²) in [7, 11) is 0. The molecule has 0 radical (unpaired) electrons. The van der Waals surface area contributed by atoms with Crippen LogP contribution < -0.4 is 5.73 Å². The number of unbranched alkanes of at least 4 members (excludes halogenated alkanes) is 1. The lowest BCUT2D eigenvalue weighted by molar-refractivity contribution is 0.598. The second-order valence-corrected chi connectivity index (χ2v) is 8.51. The highest BCUT2D eigenvalue weighted by Gasteiger charge is 2.19. The molecule has 0 atom stereocenters. The van der Waals surface area contributed by atoms with E-state index in [4.69, 9.17) is 10.7 Å². The van der Waals surface area contributed by atoms with Crippen LogP contribution in [-0.4, -0.2) is 19.5 Å². The van der Waals surface area contributed by atoms with Gasteiger partial charge in [-0.25, -0.2) is 15.0 Å². The minimum absolute atomic E-state index is 0.450. The molecule has 0 bridgehead atoms. The van der Waals surface area contributed by atoms with Crippen LogP contribution in [0.25, 0.3) is 11.2 Å². The molecule has 0 spiro atoms. The van der Waals surface area contributed by atoms with Crippen molar-refractivity contribution in [3.8, 4) is 0 Å². The van der Waals surface area contributed by atoms with Gasteiger partial charge in [-0.3, -0.25) is 0 Å². The van der Waals surface area contributed by atoms with E-state index in [2.05, 4.69) is 56.2 Å². The van der Waals surface area contributed by atoms with Gasteiger partial charge in [0.25, 0.3) is 0 Å². The van der Waals surface area contributed by atoms with Gasteiger partial charge in [0.1, 0.15) is 6.33 Å². The van der Waals surface area contributed by atoms with Gasteiger partial charge < -0.3 is 10.3 Å². The molecular formula is C18H20IN5S. The smallest absolute Gasteiger partial charge is 0.175 e. The molecule has 2 aromatic heterocycles. The highest BCUT2D eigenvalue weighted by Crippen LogP contribution is 2.37. The predicted octanol–water partition coefficient (Wildman–Crippen LogP) is 4.45. The summed E-state index contributed by atoms with van der Waals surface area (Å²) in [5, 5.41) is 0.950. The van der Waals surface area contributed by atoms with Gasteiger partial charge in [0, 0.05) is 15.0 Å². The largest absolute Gasteiger partial charge is 0.382 e. The Morgan fingerprint density at radius 2 is 2.04 bits per heavy atom. The Morgan fingerprint density at radius 3 is 2.84 bits per heavy atom. The molecule has 0 saturated carbocycles. The number of nitrogen functional groups attached to an aromatic ring is 1. The molecule has 4 rings (SSSR count). The number of halogens is 1. The fraction of sp³-hybridized carbons (Fsp3) is 0.389. The minimum Gasteiger partial charge on any atom is -0.382 e. The number of fused-ring (bicyclic) bond motifs is 2. The first-order chi connectivity index (χ1) is 12.2. The second kappa shape index (κ2) is 7.11. The van der Waals surface area contributed by atoms with Gasteiger partial charge in [0.2, 0.25) is 0 Å². The third kappa shape index (κ3) is 3.23. The van der Waals surface area contributed by atoms with Crippen LogP contribution in [0.2, 0.25) is 0 Å². The first-order valence-corrected chi connectivity index (χ1v) is 10.5. The summed E-state index contributed by atoms with van der Waals surface area (Å²) in [6.07, 6.45) is 7.39. The number of rotatable bonds is 5. The van der Waals surface area contributed by atoms with E-state index in [1.165, 1.54) is 45.2 Å². The van der Waals surface area contributed by atoms with E-state index in [0.717, 1.165) is 30.2 Å². The lowest BCUT2D eigenvalue weighted by Crippen LogP contribution is -2.02. The monoisotopic (exact) mass is 465 g/mol. The molecule has 0 saturated heterocycles. The molecule has 0 fully saturated rings. The maximum absolute atomic E-state index is 6.03. The fourth-order valence-corrected chi connectivity index (χ4v) is 5.12. The van der Waals surface area contributed by atoms with Gasteiger partial charge in [-0.2, -0.15) is 0 Å². The van der Waals surface area contributed by atoms with Crippen molar-refractivity contribution < 1.29 is 0 Å². The molecule has 1 aromatic carbocycles. The second-order valence-electron chi connectivity index (χ2n) is 6.34. The molecule has 3 aromatic rings. The average molecular weight is 465 g/mol. The Morgan fingerprint density at radius 1 is 1.24 bits per heavy atom. The van der Waals surface area contributed by atoms with Gasteiger partial charge in [-0.15, -0.1) is 0 Å². The van der Waals surface area contributed by atoms with Crippen LogP contribution in [0.1, 0.15) is 37.3 Å². The summed E-state index contributed by atoms with van der Waals surface area (Å²) in [5.41, 5.74) is 10.6. The molecule has 5 nitrogen and oxygen atoms in total. The molecular weight excluding hydrogens is 445 g/mol. The van der Waals surface area contributed by atoms with Gasteiger partial charge in [0.05, 0.1) is 0 Å². The molecule has 0 aliphatic heterocycles. The molecule has 2 heterocycles. The number of hydrogen-bond acceptors (Lipinski definition) is 5. The zero-order valence-electron chi connectivity index (χ0n) is 14.1. The van der Waals surface area contributed by atoms with Crippen LogP contribution in [0.3, 0.4) is 0 Å². The van der Waals surface area contributed by atoms with Crippen LogP contribution in [0.15, 0.2) is 28.5 Å². The van der Waals surface area contributed by atoms with E-state index >= 15 is 0 Å². The lowest BCUT2D eigenvalue weighted by Gasteiger charge is -2.10. The zero-order chi connectivity index (χ0) is 17.4. The van der Waals surface area contributed by atoms with E-state index in [1.54, 1.807) is 11.8 Å². The Bertz CT molecular complexity index is 937. The van der Waals surface area contributed by atoms with Crippen LogP contribution in [-0.2, 0) is 19.4 Å². The SMILES string of the molecule is CCCCn1c(Sc2cc3c(cc2I)CCC3)nc2c(N)ncnc21. The molecule has 2 N–H and O–H groups in total. The summed E-state index contributed by atoms with van der Waals surface area (Å²) in [6.45, 7) is 3.09. The Hall–Kier alpha value is -1.35. The standard InChI is InChI=1S/C18H20IN5S/c1-2-3-7-24-17-15(16(20)21-10-22-17)23-18(24)25-14-9-12-6-4-5-11(12)8-13(14)19/h8-10H,2-7H2,1H3,(H2,20,21,22). The van der Waals surface area contributed by atoms with Crippen molar-refractivity contribution >= 4 is 51.3 Å². The van der Waals surface area contributed by atoms with Gasteiger partial charge >= 0.3 is 0 Å². The van der Waals surface area contributed by atoms with Crippen LogP contribution in [0, 0.1) is 3.57 Å². The number of hydrogen-bond donors (Lipinski definition) is 1. The Labute approximate surface area is 165 Å². The van der Waals surface area contributed by atoms with E-state index < -0.39 is 0 Å². The maximum Gasteiger partial charge on any atom is 0.175 e. The van der Waals surface area contributed by atoms with Crippen molar-refractivity contribution in [3.05, 3.63) is 33.2 Å². The van der Waals surface area contributed by atoms with E-state index in [0.29, 0.717) is 11.3 Å². The first kappa shape index (κ1) is 17.1. The predicted molar refractivity (Wildman–Crippen MR) is 110 cm³/mol. The van der Waals surface area contributed by atoms with Crippen molar-refractivity contribution in [1.29, 1.82) is 0 Å². The highest BCUT2D eigenvalue weighted by atomic mass is 127. The molecule has 130 valence electrons. The number of nitrogens with zero attached hydrogens (tertiary/aromatic N) is 4. The fourth-order valence-electron chi connectivity index (χ4n) is 3.28. The summed E-state index contributed by atoms with van der Waals surface area (Å²) < 4.78 is 3.47. The zero-order valence-corrected chi connectivity index (χ0v) is 17.1. The molecule has 0 amide bonds. The van der Waals surface area contributed by atoms with Crippen molar-refractivity contribution in [1.82, 2.24) is 19.5 Å². The topological polar surface area (TPSA) is 69.6 Å². The van der Waals surface area contributed by atoms with Gasteiger partial charge in [-0.1, -0.05) is 25.1 Å². The van der Waals surface area contributed by atoms with Crippen molar-refractivity contribution in [2.45, 2.75) is 55.6 Å². The summed E-state index contributed by atoms with van der Waals surface area (Å²) in [6, 6.07) is 4.67. The summed E-state index contributed by atoms with van der Waals surface area (Å²) in [5.74, 6) is 0.450. The normalized spacial score (nSPS) is 13.5. The first-order valence-electron chi connectivity index (χ1n) is 8.63. The maximum atomic E-state index is 6.03. The Kier molecular flexibility index (Phi) is 4.86. The third-order valence-electron chi connectivity index (χ3n) is 4.61. The molecule has 1 aliphatic carbocycles.